The Hall–Kier alpha value is -1.01. The van der Waals surface area contributed by atoms with Crippen molar-refractivity contribution in [3.63, 3.8) is 0 Å². The average Bonchev–Trinajstić information content (AvgIpc) is 2.50. The average molecular weight is 166 g/mol. The van der Waals surface area contributed by atoms with Crippen LogP contribution in [0.1, 0.15) is 12.8 Å². The summed E-state index contributed by atoms with van der Waals surface area (Å²) in [5, 5.41) is 2.69. The molecule has 1 atom stereocenters. The maximum absolute atomic E-state index is 10.1. The van der Waals surface area contributed by atoms with Gasteiger partial charge in [-0.25, -0.2) is 0 Å². The van der Waals surface area contributed by atoms with Gasteiger partial charge >= 0.3 is 0 Å². The fourth-order valence-electron chi connectivity index (χ4n) is 1.64. The molecule has 1 amide bonds. The highest BCUT2D eigenvalue weighted by atomic mass is 16.1. The summed E-state index contributed by atoms with van der Waals surface area (Å²) in [4.78, 5) is 12.3. The van der Waals surface area contributed by atoms with Crippen molar-refractivity contribution in [2.24, 2.45) is 0 Å². The van der Waals surface area contributed by atoms with Crippen molar-refractivity contribution in [2.45, 2.75) is 18.9 Å². The van der Waals surface area contributed by atoms with Crippen LogP contribution in [0.2, 0.25) is 0 Å². The fourth-order valence-corrected chi connectivity index (χ4v) is 1.64. The molecule has 3 heteroatoms. The van der Waals surface area contributed by atoms with Crippen molar-refractivity contribution in [2.75, 3.05) is 19.6 Å². The number of terminal acetylenes is 1. The Morgan fingerprint density at radius 3 is 3.25 bits per heavy atom. The van der Waals surface area contributed by atoms with Gasteiger partial charge in [-0.05, 0) is 19.4 Å². The lowest BCUT2D eigenvalue weighted by Crippen LogP contribution is -2.37. The number of nitrogens with one attached hydrogen (secondary N) is 1. The molecule has 0 aromatic rings. The van der Waals surface area contributed by atoms with Crippen LogP contribution in [0, 0.1) is 12.3 Å². The predicted octanol–water partition coefficient (Wildman–Crippen LogP) is -0.170. The van der Waals surface area contributed by atoms with Crippen molar-refractivity contribution in [3.05, 3.63) is 0 Å². The van der Waals surface area contributed by atoms with Crippen LogP contribution in [-0.4, -0.2) is 37.0 Å². The Morgan fingerprint density at radius 2 is 2.58 bits per heavy atom. The molecule has 0 spiro atoms. The van der Waals surface area contributed by atoms with Gasteiger partial charge in [0.2, 0.25) is 6.41 Å². The molecule has 1 unspecified atom stereocenters. The summed E-state index contributed by atoms with van der Waals surface area (Å²) < 4.78 is 0. The zero-order valence-corrected chi connectivity index (χ0v) is 7.12. The Balaban J connectivity index is 2.31. The molecule has 0 radical (unpaired) electrons. The molecule has 0 bridgehead atoms. The smallest absolute Gasteiger partial charge is 0.207 e. The van der Waals surface area contributed by atoms with Crippen molar-refractivity contribution in [3.8, 4) is 12.3 Å². The summed E-state index contributed by atoms with van der Waals surface area (Å²) in [6, 6.07) is 0.450. The van der Waals surface area contributed by atoms with E-state index in [1.54, 1.807) is 0 Å². The Labute approximate surface area is 73.1 Å². The van der Waals surface area contributed by atoms with E-state index >= 15 is 0 Å². The minimum Gasteiger partial charge on any atom is -0.357 e. The van der Waals surface area contributed by atoms with Gasteiger partial charge in [-0.2, -0.15) is 0 Å². The number of carbonyl (C=O) groups is 1. The topological polar surface area (TPSA) is 32.3 Å². The number of hydrogen-bond acceptors (Lipinski definition) is 2. The Morgan fingerprint density at radius 1 is 1.75 bits per heavy atom. The van der Waals surface area contributed by atoms with Crippen LogP contribution in [-0.2, 0) is 4.79 Å². The quantitative estimate of drug-likeness (QED) is 0.464. The molecule has 12 heavy (non-hydrogen) atoms. The number of rotatable bonds is 4. The second kappa shape index (κ2) is 4.78. The van der Waals surface area contributed by atoms with Crippen LogP contribution in [0.5, 0.6) is 0 Å². The molecule has 1 N–H and O–H groups in total. The predicted molar refractivity (Wildman–Crippen MR) is 47.5 cm³/mol. The lowest BCUT2D eigenvalue weighted by atomic mass is 10.2. The molecule has 3 nitrogen and oxygen atoms in total. The molecule has 66 valence electrons. The molecule has 1 fully saturated rings. The summed E-state index contributed by atoms with van der Waals surface area (Å²) in [6.07, 6.45) is 8.29. The molecule has 1 rings (SSSR count). The van der Waals surface area contributed by atoms with Crippen molar-refractivity contribution < 1.29 is 4.79 Å². The van der Waals surface area contributed by atoms with Gasteiger partial charge in [-0.15, -0.1) is 6.42 Å². The molecule has 0 aromatic carbocycles. The van der Waals surface area contributed by atoms with Crippen molar-refractivity contribution in [1.82, 2.24) is 10.2 Å². The van der Waals surface area contributed by atoms with E-state index in [1.807, 2.05) is 0 Å². The van der Waals surface area contributed by atoms with E-state index in [9.17, 15) is 4.79 Å². The SMILES string of the molecule is C#CCN1CCCC1CNC=O. The minimum absolute atomic E-state index is 0.450. The van der Waals surface area contributed by atoms with E-state index in [-0.39, 0.29) is 0 Å². The summed E-state index contributed by atoms with van der Waals surface area (Å²) in [5.74, 6) is 2.63. The molecule has 0 saturated carbocycles. The third-order valence-electron chi connectivity index (χ3n) is 2.23. The fraction of sp³-hybridized carbons (Fsp3) is 0.667. The van der Waals surface area contributed by atoms with E-state index in [1.165, 1.54) is 6.42 Å². The Kier molecular flexibility index (Phi) is 3.62. The lowest BCUT2D eigenvalue weighted by molar-refractivity contribution is -0.109. The summed E-state index contributed by atoms with van der Waals surface area (Å²) >= 11 is 0. The minimum atomic E-state index is 0.450. The summed E-state index contributed by atoms with van der Waals surface area (Å²) in [5.41, 5.74) is 0. The van der Waals surface area contributed by atoms with E-state index in [0.717, 1.165) is 25.9 Å². The highest BCUT2D eigenvalue weighted by molar-refractivity contribution is 5.45. The molecular formula is C9H14N2O. The third-order valence-corrected chi connectivity index (χ3v) is 2.23. The first-order chi connectivity index (χ1) is 5.88. The van der Waals surface area contributed by atoms with Gasteiger partial charge in [0, 0.05) is 12.6 Å². The largest absolute Gasteiger partial charge is 0.357 e. The van der Waals surface area contributed by atoms with Gasteiger partial charge < -0.3 is 5.32 Å². The van der Waals surface area contributed by atoms with Crippen LogP contribution < -0.4 is 5.32 Å². The van der Waals surface area contributed by atoms with Crippen LogP contribution in [0.4, 0.5) is 0 Å². The van der Waals surface area contributed by atoms with Gasteiger partial charge in [0.05, 0.1) is 6.54 Å². The monoisotopic (exact) mass is 166 g/mol. The highest BCUT2D eigenvalue weighted by Crippen LogP contribution is 2.15. The van der Waals surface area contributed by atoms with Crippen molar-refractivity contribution in [1.29, 1.82) is 0 Å². The number of nitrogens with zero attached hydrogens (tertiary/aromatic N) is 1. The van der Waals surface area contributed by atoms with Gasteiger partial charge in [-0.1, -0.05) is 5.92 Å². The molecule has 0 aromatic heterocycles. The standard InChI is InChI=1S/C9H14N2O/c1-2-5-11-6-3-4-9(11)7-10-8-12/h1,8-9H,3-7H2,(H,10,12). The zero-order chi connectivity index (χ0) is 8.81. The number of hydrogen-bond donors (Lipinski definition) is 1. The molecular weight excluding hydrogens is 152 g/mol. The first kappa shape index (κ1) is 9.08. The van der Waals surface area contributed by atoms with Gasteiger partial charge in [0.1, 0.15) is 0 Å². The first-order valence-corrected chi connectivity index (χ1v) is 4.23. The van der Waals surface area contributed by atoms with Crippen LogP contribution in [0.15, 0.2) is 0 Å². The molecule has 1 aliphatic rings. The zero-order valence-electron chi connectivity index (χ0n) is 7.12. The number of likely N-dealkylation sites (tertiary alicyclic amines) is 1. The lowest BCUT2D eigenvalue weighted by Gasteiger charge is -2.21. The van der Waals surface area contributed by atoms with E-state index in [0.29, 0.717) is 12.6 Å². The molecule has 0 aliphatic carbocycles. The van der Waals surface area contributed by atoms with Crippen molar-refractivity contribution >= 4 is 6.41 Å². The normalized spacial score (nSPS) is 23.4. The van der Waals surface area contributed by atoms with Crippen LogP contribution >= 0.6 is 0 Å². The summed E-state index contributed by atoms with van der Waals surface area (Å²) in [7, 11) is 0. The van der Waals surface area contributed by atoms with Gasteiger partial charge in [0.25, 0.3) is 0 Å². The second-order valence-corrected chi connectivity index (χ2v) is 3.00. The first-order valence-electron chi connectivity index (χ1n) is 4.23. The molecule has 1 heterocycles. The van der Waals surface area contributed by atoms with Crippen LogP contribution in [0.25, 0.3) is 0 Å². The van der Waals surface area contributed by atoms with E-state index in [4.69, 9.17) is 6.42 Å². The summed E-state index contributed by atoms with van der Waals surface area (Å²) in [6.45, 7) is 2.49. The van der Waals surface area contributed by atoms with E-state index in [2.05, 4.69) is 16.1 Å². The third kappa shape index (κ3) is 2.24. The maximum Gasteiger partial charge on any atom is 0.207 e. The van der Waals surface area contributed by atoms with E-state index < -0.39 is 0 Å². The highest BCUT2D eigenvalue weighted by Gasteiger charge is 2.22. The maximum atomic E-state index is 10.1. The Bertz CT molecular complexity index is 185. The number of carbonyl (C=O) groups excluding carboxylic acids is 1. The van der Waals surface area contributed by atoms with Gasteiger partial charge in [-0.3, -0.25) is 9.69 Å². The van der Waals surface area contributed by atoms with Gasteiger partial charge in [0.15, 0.2) is 0 Å². The molecule has 1 aliphatic heterocycles. The van der Waals surface area contributed by atoms with Crippen LogP contribution in [0.3, 0.4) is 0 Å². The second-order valence-electron chi connectivity index (χ2n) is 3.00. The molecule has 1 saturated heterocycles. The number of amides is 1.